The molecule has 1 rings (SSSR count). The molecule has 0 heterocycles. The van der Waals surface area contributed by atoms with Crippen LogP contribution in [-0.4, -0.2) is 12.6 Å². The van der Waals surface area contributed by atoms with Gasteiger partial charge in [-0.1, -0.05) is 6.07 Å². The van der Waals surface area contributed by atoms with E-state index in [1.807, 2.05) is 0 Å². The smallest absolute Gasteiger partial charge is 0.125 e. The minimum atomic E-state index is -0.129. The van der Waals surface area contributed by atoms with E-state index < -0.39 is 0 Å². The largest absolute Gasteiger partial charge is 0.496 e. The third kappa shape index (κ3) is 3.47. The lowest BCUT2D eigenvalue weighted by Crippen LogP contribution is -2.32. The fourth-order valence-electron chi connectivity index (χ4n) is 2.14. The van der Waals surface area contributed by atoms with Crippen LogP contribution in [0.2, 0.25) is 0 Å². The lowest BCUT2D eigenvalue weighted by atomic mass is 9.91. The number of hydrogen-bond donors (Lipinski definition) is 1. The molecule has 0 aliphatic carbocycles. The predicted molar refractivity (Wildman–Crippen MR) is 73.8 cm³/mol. The Kier molecular flexibility index (Phi) is 4.21. The van der Waals surface area contributed by atoms with Crippen molar-refractivity contribution in [1.82, 2.24) is 0 Å². The van der Waals surface area contributed by atoms with Gasteiger partial charge in [0.2, 0.25) is 0 Å². The van der Waals surface area contributed by atoms with Crippen molar-refractivity contribution in [2.45, 2.75) is 53.0 Å². The summed E-state index contributed by atoms with van der Waals surface area (Å²) in [5.74, 6) is 1.03. The SMILES string of the molecule is COc1c(C)c(C)cc(C)c1CCC(C)(C)N. The maximum atomic E-state index is 6.05. The first-order valence-corrected chi connectivity index (χ1v) is 6.19. The fraction of sp³-hybridized carbons (Fsp3) is 0.600. The summed E-state index contributed by atoms with van der Waals surface area (Å²) in [7, 11) is 1.75. The first-order valence-electron chi connectivity index (χ1n) is 6.19. The Balaban J connectivity index is 3.10. The Morgan fingerprint density at radius 1 is 1.18 bits per heavy atom. The number of rotatable bonds is 4. The average Bonchev–Trinajstić information content (AvgIpc) is 2.20. The second kappa shape index (κ2) is 5.09. The molecular weight excluding hydrogens is 210 g/mol. The van der Waals surface area contributed by atoms with Crippen LogP contribution < -0.4 is 10.5 Å². The van der Waals surface area contributed by atoms with E-state index in [9.17, 15) is 0 Å². The molecule has 1 aromatic rings. The molecule has 1 aromatic carbocycles. The summed E-state index contributed by atoms with van der Waals surface area (Å²) in [6.45, 7) is 10.5. The van der Waals surface area contributed by atoms with Gasteiger partial charge in [0.25, 0.3) is 0 Å². The van der Waals surface area contributed by atoms with E-state index in [1.54, 1.807) is 7.11 Å². The average molecular weight is 235 g/mol. The number of hydrogen-bond acceptors (Lipinski definition) is 2. The second-order valence-corrected chi connectivity index (χ2v) is 5.64. The van der Waals surface area contributed by atoms with Crippen molar-refractivity contribution < 1.29 is 4.74 Å². The molecule has 0 spiro atoms. The second-order valence-electron chi connectivity index (χ2n) is 5.64. The van der Waals surface area contributed by atoms with Crippen molar-refractivity contribution in [2.75, 3.05) is 7.11 Å². The van der Waals surface area contributed by atoms with Crippen LogP contribution in [-0.2, 0) is 6.42 Å². The van der Waals surface area contributed by atoms with Crippen molar-refractivity contribution in [2.24, 2.45) is 5.73 Å². The number of ether oxygens (including phenoxy) is 1. The number of aryl methyl sites for hydroxylation is 2. The third-order valence-corrected chi connectivity index (χ3v) is 3.34. The van der Waals surface area contributed by atoms with E-state index in [1.165, 1.54) is 22.3 Å². The minimum Gasteiger partial charge on any atom is -0.496 e. The van der Waals surface area contributed by atoms with E-state index in [0.29, 0.717) is 0 Å². The normalized spacial score (nSPS) is 11.7. The lowest BCUT2D eigenvalue weighted by molar-refractivity contribution is 0.400. The molecule has 2 N–H and O–H groups in total. The van der Waals surface area contributed by atoms with Crippen LogP contribution in [0.5, 0.6) is 5.75 Å². The maximum absolute atomic E-state index is 6.05. The predicted octanol–water partition coefficient (Wildman–Crippen LogP) is 3.29. The van der Waals surface area contributed by atoms with E-state index in [4.69, 9.17) is 10.5 Å². The highest BCUT2D eigenvalue weighted by atomic mass is 16.5. The number of benzene rings is 1. The van der Waals surface area contributed by atoms with Crippen molar-refractivity contribution in [3.8, 4) is 5.75 Å². The van der Waals surface area contributed by atoms with Crippen molar-refractivity contribution >= 4 is 0 Å². The van der Waals surface area contributed by atoms with Crippen LogP contribution in [0.4, 0.5) is 0 Å². The Morgan fingerprint density at radius 3 is 2.24 bits per heavy atom. The summed E-state index contributed by atoms with van der Waals surface area (Å²) in [6.07, 6.45) is 1.94. The molecular formula is C15H25NO. The monoisotopic (exact) mass is 235 g/mol. The van der Waals surface area contributed by atoms with E-state index >= 15 is 0 Å². The quantitative estimate of drug-likeness (QED) is 0.869. The van der Waals surface area contributed by atoms with Gasteiger partial charge < -0.3 is 10.5 Å². The molecule has 0 aliphatic rings. The van der Waals surface area contributed by atoms with E-state index in [2.05, 4.69) is 40.7 Å². The first kappa shape index (κ1) is 14.0. The van der Waals surface area contributed by atoms with Crippen molar-refractivity contribution in [3.63, 3.8) is 0 Å². The van der Waals surface area contributed by atoms with Crippen molar-refractivity contribution in [3.05, 3.63) is 28.3 Å². The molecule has 0 aromatic heterocycles. The summed E-state index contributed by atoms with van der Waals surface area (Å²) >= 11 is 0. The van der Waals surface area contributed by atoms with Gasteiger partial charge in [0.1, 0.15) is 5.75 Å². The highest BCUT2D eigenvalue weighted by molar-refractivity contribution is 5.49. The Bertz CT molecular complexity index is 402. The zero-order chi connectivity index (χ0) is 13.2. The first-order chi connectivity index (χ1) is 7.76. The molecule has 0 atom stereocenters. The van der Waals surface area contributed by atoms with E-state index in [0.717, 1.165) is 18.6 Å². The summed E-state index contributed by atoms with van der Waals surface area (Å²) in [6, 6.07) is 2.23. The zero-order valence-electron chi connectivity index (χ0n) is 12.0. The molecule has 0 unspecified atom stereocenters. The molecule has 17 heavy (non-hydrogen) atoms. The molecule has 0 saturated carbocycles. The fourth-order valence-corrected chi connectivity index (χ4v) is 2.14. The number of methoxy groups -OCH3 is 1. The topological polar surface area (TPSA) is 35.2 Å². The number of nitrogens with two attached hydrogens (primary N) is 1. The molecule has 0 saturated heterocycles. The van der Waals surface area contributed by atoms with Gasteiger partial charge in [-0.05, 0) is 69.7 Å². The van der Waals surface area contributed by atoms with Crippen LogP contribution in [0.25, 0.3) is 0 Å². The standard InChI is InChI=1S/C15H25NO/c1-10-9-11(2)13(7-8-15(4,5)16)14(17-6)12(10)3/h9H,7-8,16H2,1-6H3. The van der Waals surface area contributed by atoms with Gasteiger partial charge in [-0.25, -0.2) is 0 Å². The molecule has 2 nitrogen and oxygen atoms in total. The van der Waals surface area contributed by atoms with Crippen LogP contribution in [0, 0.1) is 20.8 Å². The summed E-state index contributed by atoms with van der Waals surface area (Å²) < 4.78 is 5.56. The molecule has 0 radical (unpaired) electrons. The minimum absolute atomic E-state index is 0.129. The Labute approximate surface area is 105 Å². The highest BCUT2D eigenvalue weighted by Crippen LogP contribution is 2.31. The Morgan fingerprint density at radius 2 is 1.76 bits per heavy atom. The maximum Gasteiger partial charge on any atom is 0.125 e. The third-order valence-electron chi connectivity index (χ3n) is 3.34. The summed E-state index contributed by atoms with van der Waals surface area (Å²) in [4.78, 5) is 0. The van der Waals surface area contributed by atoms with E-state index in [-0.39, 0.29) is 5.54 Å². The molecule has 0 aliphatic heterocycles. The molecule has 0 fully saturated rings. The zero-order valence-corrected chi connectivity index (χ0v) is 12.0. The van der Waals surface area contributed by atoms with Crippen LogP contribution in [0.1, 0.15) is 42.5 Å². The summed E-state index contributed by atoms with van der Waals surface area (Å²) in [5.41, 5.74) is 11.0. The molecule has 0 amide bonds. The lowest BCUT2D eigenvalue weighted by Gasteiger charge is -2.21. The van der Waals surface area contributed by atoms with Crippen LogP contribution >= 0.6 is 0 Å². The Hall–Kier alpha value is -1.02. The van der Waals surface area contributed by atoms with Crippen LogP contribution in [0.3, 0.4) is 0 Å². The molecule has 96 valence electrons. The van der Waals surface area contributed by atoms with Gasteiger partial charge in [0.15, 0.2) is 0 Å². The van der Waals surface area contributed by atoms with Crippen LogP contribution in [0.15, 0.2) is 6.07 Å². The van der Waals surface area contributed by atoms with Gasteiger partial charge in [0, 0.05) is 5.54 Å². The highest BCUT2D eigenvalue weighted by Gasteiger charge is 2.16. The molecule has 2 heteroatoms. The van der Waals surface area contributed by atoms with Gasteiger partial charge in [-0.2, -0.15) is 0 Å². The van der Waals surface area contributed by atoms with Gasteiger partial charge in [-0.3, -0.25) is 0 Å². The summed E-state index contributed by atoms with van der Waals surface area (Å²) in [5, 5.41) is 0. The molecule has 0 bridgehead atoms. The van der Waals surface area contributed by atoms with Gasteiger partial charge in [-0.15, -0.1) is 0 Å². The van der Waals surface area contributed by atoms with Gasteiger partial charge in [0.05, 0.1) is 7.11 Å². The van der Waals surface area contributed by atoms with Crippen molar-refractivity contribution in [1.29, 1.82) is 0 Å². The van der Waals surface area contributed by atoms with Gasteiger partial charge >= 0.3 is 0 Å².